The lowest BCUT2D eigenvalue weighted by molar-refractivity contribution is 0.266. The fourth-order valence-electron chi connectivity index (χ4n) is 0.898. The Balaban J connectivity index is 3.58. The molecule has 0 fully saturated rings. The Bertz CT molecular complexity index is 79.0. The number of hydrogen-bond donors (Lipinski definition) is 0. The highest BCUT2D eigenvalue weighted by molar-refractivity contribution is 6.18. The molecular weight excluding hydrogens is 134 g/mol. The van der Waals surface area contributed by atoms with Gasteiger partial charge in [-0.25, -0.2) is 0 Å². The summed E-state index contributed by atoms with van der Waals surface area (Å²) in [6.45, 7) is 5.39. The van der Waals surface area contributed by atoms with Crippen LogP contribution in [-0.2, 0) is 0 Å². The van der Waals surface area contributed by atoms with E-state index in [1.807, 2.05) is 0 Å². The molecule has 56 valence electrons. The first-order chi connectivity index (χ1) is 3.98. The van der Waals surface area contributed by atoms with E-state index in [4.69, 9.17) is 11.6 Å². The van der Waals surface area contributed by atoms with Crippen LogP contribution in [-0.4, -0.2) is 31.4 Å². The van der Waals surface area contributed by atoms with E-state index in [1.165, 1.54) is 0 Å². The third-order valence-electron chi connectivity index (χ3n) is 1.11. The van der Waals surface area contributed by atoms with Gasteiger partial charge in [-0.2, -0.15) is 0 Å². The van der Waals surface area contributed by atoms with E-state index in [9.17, 15) is 0 Å². The molecule has 0 saturated carbocycles. The van der Waals surface area contributed by atoms with Crippen molar-refractivity contribution in [1.29, 1.82) is 0 Å². The Morgan fingerprint density at radius 2 is 1.78 bits per heavy atom. The molecule has 0 spiro atoms. The van der Waals surface area contributed by atoms with Gasteiger partial charge in [0.15, 0.2) is 0 Å². The Morgan fingerprint density at radius 1 is 1.33 bits per heavy atom. The maximum atomic E-state index is 5.71. The van der Waals surface area contributed by atoms with Gasteiger partial charge in [0.05, 0.1) is 0 Å². The van der Waals surface area contributed by atoms with Crippen LogP contribution in [0.4, 0.5) is 0 Å². The van der Waals surface area contributed by atoms with Gasteiger partial charge in [0.25, 0.3) is 0 Å². The molecule has 0 aliphatic carbocycles. The van der Waals surface area contributed by atoms with Crippen LogP contribution in [0.2, 0.25) is 0 Å². The zero-order valence-corrected chi connectivity index (χ0v) is 7.50. The molecule has 0 aliphatic rings. The predicted molar refractivity (Wildman–Crippen MR) is 43.1 cm³/mol. The van der Waals surface area contributed by atoms with Gasteiger partial charge in [-0.05, 0) is 19.5 Å². The summed E-state index contributed by atoms with van der Waals surface area (Å²) in [5.41, 5.74) is 0.255. The minimum Gasteiger partial charge on any atom is -0.309 e. The molecule has 0 amide bonds. The average Bonchev–Trinajstić information content (AvgIpc) is 1.63. The molecule has 0 aliphatic heterocycles. The highest BCUT2D eigenvalue weighted by Crippen LogP contribution is 2.16. The first kappa shape index (κ1) is 9.25. The summed E-state index contributed by atoms with van der Waals surface area (Å²) in [5, 5.41) is 0. The molecule has 0 heterocycles. The summed E-state index contributed by atoms with van der Waals surface area (Å²) in [6.07, 6.45) is 0. The Kier molecular flexibility index (Phi) is 3.52. The van der Waals surface area contributed by atoms with Gasteiger partial charge in [-0.1, -0.05) is 13.8 Å². The minimum absolute atomic E-state index is 0.255. The fraction of sp³-hybridized carbons (Fsp3) is 1.00. The maximum absolute atomic E-state index is 5.71. The first-order valence-electron chi connectivity index (χ1n) is 3.19. The van der Waals surface area contributed by atoms with E-state index in [-0.39, 0.29) is 5.41 Å². The van der Waals surface area contributed by atoms with E-state index in [1.54, 1.807) is 0 Å². The molecule has 0 aromatic carbocycles. The molecule has 0 aromatic rings. The van der Waals surface area contributed by atoms with Crippen molar-refractivity contribution in [2.45, 2.75) is 13.8 Å². The molecule has 0 bridgehead atoms. The highest BCUT2D eigenvalue weighted by Gasteiger charge is 2.16. The summed E-state index contributed by atoms with van der Waals surface area (Å²) in [4.78, 5) is 2.16. The lowest BCUT2D eigenvalue weighted by Crippen LogP contribution is -2.29. The fourth-order valence-corrected chi connectivity index (χ4v) is 0.983. The van der Waals surface area contributed by atoms with Gasteiger partial charge >= 0.3 is 0 Å². The monoisotopic (exact) mass is 149 g/mol. The second-order valence-corrected chi connectivity index (χ2v) is 3.80. The maximum Gasteiger partial charge on any atom is 0.0286 e. The molecule has 0 rings (SSSR count). The second kappa shape index (κ2) is 3.43. The standard InChI is InChI=1S/C7H16ClN/c1-7(2,5-8)6-9(3)4/h5-6H2,1-4H3. The van der Waals surface area contributed by atoms with Crippen LogP contribution in [0.15, 0.2) is 0 Å². The molecule has 0 aromatic heterocycles. The van der Waals surface area contributed by atoms with Crippen LogP contribution < -0.4 is 0 Å². The number of nitrogens with zero attached hydrogens (tertiary/aromatic N) is 1. The van der Waals surface area contributed by atoms with Crippen molar-refractivity contribution >= 4 is 11.6 Å². The predicted octanol–water partition coefficient (Wildman–Crippen LogP) is 1.81. The zero-order valence-electron chi connectivity index (χ0n) is 6.74. The van der Waals surface area contributed by atoms with Crippen LogP contribution in [0.1, 0.15) is 13.8 Å². The Labute approximate surface area is 63.0 Å². The van der Waals surface area contributed by atoms with Crippen molar-refractivity contribution in [2.24, 2.45) is 5.41 Å². The number of hydrogen-bond acceptors (Lipinski definition) is 1. The topological polar surface area (TPSA) is 3.24 Å². The van der Waals surface area contributed by atoms with E-state index in [2.05, 4.69) is 32.8 Å². The van der Waals surface area contributed by atoms with Crippen molar-refractivity contribution < 1.29 is 0 Å². The minimum atomic E-state index is 0.255. The molecule has 0 N–H and O–H groups in total. The molecule has 0 radical (unpaired) electrons. The van der Waals surface area contributed by atoms with Crippen molar-refractivity contribution in [3.63, 3.8) is 0 Å². The SMILES string of the molecule is CN(C)CC(C)(C)CCl. The number of alkyl halides is 1. The third kappa shape index (κ3) is 4.73. The van der Waals surface area contributed by atoms with Crippen LogP contribution in [0.3, 0.4) is 0 Å². The molecule has 2 heteroatoms. The second-order valence-electron chi connectivity index (χ2n) is 3.54. The summed E-state index contributed by atoms with van der Waals surface area (Å²) in [7, 11) is 4.13. The third-order valence-corrected chi connectivity index (χ3v) is 1.83. The largest absolute Gasteiger partial charge is 0.309 e. The average molecular weight is 150 g/mol. The molecule has 1 nitrogen and oxygen atoms in total. The molecule has 0 atom stereocenters. The lowest BCUT2D eigenvalue weighted by atomic mass is 9.96. The van der Waals surface area contributed by atoms with E-state index in [0.29, 0.717) is 0 Å². The molecular formula is C7H16ClN. The number of halogens is 1. The van der Waals surface area contributed by atoms with Crippen molar-refractivity contribution in [2.75, 3.05) is 26.5 Å². The summed E-state index contributed by atoms with van der Waals surface area (Å²) >= 11 is 5.71. The van der Waals surface area contributed by atoms with Gasteiger partial charge in [-0.3, -0.25) is 0 Å². The van der Waals surface area contributed by atoms with Gasteiger partial charge in [0, 0.05) is 12.4 Å². The summed E-state index contributed by atoms with van der Waals surface area (Å²) < 4.78 is 0. The molecule has 0 saturated heterocycles. The van der Waals surface area contributed by atoms with Crippen molar-refractivity contribution in [3.05, 3.63) is 0 Å². The number of rotatable bonds is 3. The first-order valence-corrected chi connectivity index (χ1v) is 3.72. The van der Waals surface area contributed by atoms with Gasteiger partial charge in [0.2, 0.25) is 0 Å². The lowest BCUT2D eigenvalue weighted by Gasteiger charge is -2.25. The normalized spacial score (nSPS) is 12.7. The molecule has 9 heavy (non-hydrogen) atoms. The summed E-state index contributed by atoms with van der Waals surface area (Å²) in [5.74, 6) is 0.727. The van der Waals surface area contributed by atoms with E-state index >= 15 is 0 Å². The quantitative estimate of drug-likeness (QED) is 0.554. The van der Waals surface area contributed by atoms with Gasteiger partial charge in [-0.15, -0.1) is 11.6 Å². The van der Waals surface area contributed by atoms with Crippen LogP contribution in [0, 0.1) is 5.41 Å². The Hall–Kier alpha value is 0.250. The van der Waals surface area contributed by atoms with Crippen molar-refractivity contribution in [1.82, 2.24) is 4.90 Å². The Morgan fingerprint density at radius 3 is 1.89 bits per heavy atom. The van der Waals surface area contributed by atoms with Crippen LogP contribution in [0.5, 0.6) is 0 Å². The highest BCUT2D eigenvalue weighted by atomic mass is 35.5. The molecule has 0 unspecified atom stereocenters. The smallest absolute Gasteiger partial charge is 0.0286 e. The zero-order chi connectivity index (χ0) is 7.49. The van der Waals surface area contributed by atoms with Crippen LogP contribution >= 0.6 is 11.6 Å². The van der Waals surface area contributed by atoms with Gasteiger partial charge in [0.1, 0.15) is 0 Å². The van der Waals surface area contributed by atoms with Crippen molar-refractivity contribution in [3.8, 4) is 0 Å². The van der Waals surface area contributed by atoms with E-state index in [0.717, 1.165) is 12.4 Å². The van der Waals surface area contributed by atoms with Crippen LogP contribution in [0.25, 0.3) is 0 Å². The van der Waals surface area contributed by atoms with E-state index < -0.39 is 0 Å². The summed E-state index contributed by atoms with van der Waals surface area (Å²) in [6, 6.07) is 0. The van der Waals surface area contributed by atoms with Gasteiger partial charge < -0.3 is 4.90 Å².